The summed E-state index contributed by atoms with van der Waals surface area (Å²) in [6.07, 6.45) is 2.99. The number of hydrogen-bond donors (Lipinski definition) is 2. The van der Waals surface area contributed by atoms with Crippen LogP contribution in [-0.4, -0.2) is 53.2 Å². The first kappa shape index (κ1) is 18.8. The highest BCUT2D eigenvalue weighted by molar-refractivity contribution is 5.94. The summed E-state index contributed by atoms with van der Waals surface area (Å²) in [6, 6.07) is 0.788. The molecule has 1 aliphatic carbocycles. The van der Waals surface area contributed by atoms with Crippen LogP contribution in [0.3, 0.4) is 0 Å². The van der Waals surface area contributed by atoms with E-state index < -0.39 is 34.2 Å². The van der Waals surface area contributed by atoms with Crippen LogP contribution in [0.4, 0.5) is 14.5 Å². The Labute approximate surface area is 158 Å². The first-order valence-electron chi connectivity index (χ1n) is 9.03. The first-order chi connectivity index (χ1) is 13.3. The molecule has 0 amide bonds. The zero-order valence-corrected chi connectivity index (χ0v) is 15.2. The van der Waals surface area contributed by atoms with E-state index in [-0.39, 0.29) is 42.3 Å². The average Bonchev–Trinajstić information content (AvgIpc) is 3.42. The number of fused-ring (bicyclic) bond motifs is 1. The smallest absolute Gasteiger partial charge is 0.341 e. The van der Waals surface area contributed by atoms with Gasteiger partial charge in [0.05, 0.1) is 17.5 Å². The number of nitrogens with zero attached hydrogens (tertiary/aromatic N) is 2. The predicted octanol–water partition coefficient (Wildman–Crippen LogP) is 1.90. The Morgan fingerprint density at radius 2 is 2.11 bits per heavy atom. The van der Waals surface area contributed by atoms with E-state index in [1.807, 2.05) is 0 Å². The minimum absolute atomic E-state index is 0.0900. The van der Waals surface area contributed by atoms with Crippen LogP contribution in [0.5, 0.6) is 0 Å². The van der Waals surface area contributed by atoms with Crippen molar-refractivity contribution in [3.8, 4) is 0 Å². The number of hydrogen-bond acceptors (Lipinski definition) is 5. The average molecular weight is 394 g/mol. The minimum atomic E-state index is -1.43. The number of carboxylic acids is 1. The van der Waals surface area contributed by atoms with E-state index in [0.717, 1.165) is 25.1 Å². The summed E-state index contributed by atoms with van der Waals surface area (Å²) in [7, 11) is 1.44. The largest absolute Gasteiger partial charge is 0.477 e. The number of halogens is 2. The quantitative estimate of drug-likeness (QED) is 0.805. The van der Waals surface area contributed by atoms with Gasteiger partial charge in [0.25, 0.3) is 0 Å². The van der Waals surface area contributed by atoms with E-state index in [9.17, 15) is 24.2 Å². The molecular formula is C19H20F2N2O5. The van der Waals surface area contributed by atoms with Gasteiger partial charge in [-0.15, -0.1) is 0 Å². The van der Waals surface area contributed by atoms with Crippen LogP contribution in [0.2, 0.25) is 0 Å². The third-order valence-electron chi connectivity index (χ3n) is 5.71. The van der Waals surface area contributed by atoms with Crippen molar-refractivity contribution in [3.63, 3.8) is 0 Å². The summed E-state index contributed by atoms with van der Waals surface area (Å²) in [5, 5.41) is 18.6. The van der Waals surface area contributed by atoms with Gasteiger partial charge in [0.15, 0.2) is 5.82 Å². The van der Waals surface area contributed by atoms with Crippen LogP contribution >= 0.6 is 0 Å². The molecule has 9 heteroatoms. The Bertz CT molecular complexity index is 1030. The van der Waals surface area contributed by atoms with Gasteiger partial charge in [-0.1, -0.05) is 0 Å². The molecule has 7 nitrogen and oxygen atoms in total. The van der Waals surface area contributed by atoms with E-state index in [1.165, 1.54) is 16.6 Å². The Morgan fingerprint density at radius 3 is 2.64 bits per heavy atom. The lowest BCUT2D eigenvalue weighted by Crippen LogP contribution is -2.39. The molecule has 0 bridgehead atoms. The highest BCUT2D eigenvalue weighted by Gasteiger charge is 2.40. The molecule has 2 aromatic rings. The summed E-state index contributed by atoms with van der Waals surface area (Å²) in [4.78, 5) is 25.4. The number of pyridine rings is 1. The summed E-state index contributed by atoms with van der Waals surface area (Å²) >= 11 is 0. The van der Waals surface area contributed by atoms with Crippen LogP contribution in [-0.2, 0) is 4.74 Å². The maximum absolute atomic E-state index is 15.5. The zero-order chi connectivity index (χ0) is 20.2. The molecule has 2 fully saturated rings. The summed E-state index contributed by atoms with van der Waals surface area (Å²) in [5.41, 5.74) is -2.71. The van der Waals surface area contributed by atoms with Crippen molar-refractivity contribution >= 4 is 22.6 Å². The molecule has 150 valence electrons. The van der Waals surface area contributed by atoms with E-state index in [1.54, 1.807) is 0 Å². The highest BCUT2D eigenvalue weighted by atomic mass is 19.1. The van der Waals surface area contributed by atoms with Gasteiger partial charge in [0.1, 0.15) is 22.7 Å². The number of anilines is 1. The summed E-state index contributed by atoms with van der Waals surface area (Å²) in [5.74, 6) is -3.28. The number of rotatable bonds is 5. The SMILES string of the molecule is COC1(CO)CCN(c2c(F)cc3c(=O)c(C(=O)O)cn(C4CC4)c3c2F)C1. The molecule has 2 aliphatic rings. The van der Waals surface area contributed by atoms with Crippen molar-refractivity contribution in [2.45, 2.75) is 30.9 Å². The number of methoxy groups -OCH3 is 1. The molecule has 1 saturated carbocycles. The fourth-order valence-corrected chi connectivity index (χ4v) is 3.91. The molecule has 0 spiro atoms. The van der Waals surface area contributed by atoms with Gasteiger partial charge in [-0.2, -0.15) is 0 Å². The Kier molecular flexibility index (Phi) is 4.39. The van der Waals surface area contributed by atoms with E-state index in [2.05, 4.69) is 0 Å². The van der Waals surface area contributed by atoms with Gasteiger partial charge in [-0.25, -0.2) is 13.6 Å². The Hall–Kier alpha value is -2.52. The Morgan fingerprint density at radius 1 is 1.39 bits per heavy atom. The summed E-state index contributed by atoms with van der Waals surface area (Å²) in [6.45, 7) is 0.0837. The number of aromatic carboxylic acids is 1. The van der Waals surface area contributed by atoms with Crippen LogP contribution in [0.1, 0.15) is 35.7 Å². The zero-order valence-electron chi connectivity index (χ0n) is 15.2. The van der Waals surface area contributed by atoms with Crippen molar-refractivity contribution in [2.75, 3.05) is 31.7 Å². The van der Waals surface area contributed by atoms with Crippen LogP contribution in [0.15, 0.2) is 17.1 Å². The molecule has 1 aromatic heterocycles. The van der Waals surface area contributed by atoms with Gasteiger partial charge in [0.2, 0.25) is 5.43 Å². The number of aromatic nitrogens is 1. The lowest BCUT2D eigenvalue weighted by Gasteiger charge is -2.27. The van der Waals surface area contributed by atoms with Crippen LogP contribution < -0.4 is 10.3 Å². The van der Waals surface area contributed by atoms with Gasteiger partial charge in [0, 0.05) is 32.4 Å². The molecule has 1 aromatic carbocycles. The number of benzene rings is 1. The fraction of sp³-hybridized carbons (Fsp3) is 0.474. The molecule has 1 unspecified atom stereocenters. The third-order valence-corrected chi connectivity index (χ3v) is 5.71. The molecule has 2 N–H and O–H groups in total. The second kappa shape index (κ2) is 6.52. The first-order valence-corrected chi connectivity index (χ1v) is 9.03. The maximum Gasteiger partial charge on any atom is 0.341 e. The van der Waals surface area contributed by atoms with E-state index >= 15 is 4.39 Å². The minimum Gasteiger partial charge on any atom is -0.477 e. The fourth-order valence-electron chi connectivity index (χ4n) is 3.91. The molecule has 0 radical (unpaired) electrons. The van der Waals surface area contributed by atoms with E-state index in [0.29, 0.717) is 6.42 Å². The second-order valence-electron chi connectivity index (χ2n) is 7.45. The third kappa shape index (κ3) is 2.77. The Balaban J connectivity index is 1.94. The number of aliphatic hydroxyl groups excluding tert-OH is 1. The summed E-state index contributed by atoms with van der Waals surface area (Å²) < 4.78 is 37.2. The van der Waals surface area contributed by atoms with Crippen molar-refractivity contribution in [1.82, 2.24) is 4.57 Å². The standard InChI is InChI=1S/C19H20F2N2O5/c1-28-19(9-24)4-5-22(8-19)16-13(20)6-11-15(14(16)21)23(10-2-3-10)7-12(17(11)25)18(26)27/h6-7,10,24H,2-5,8-9H2,1H3,(H,26,27). The highest BCUT2D eigenvalue weighted by Crippen LogP contribution is 2.40. The van der Waals surface area contributed by atoms with E-state index in [4.69, 9.17) is 4.74 Å². The molecule has 2 heterocycles. The van der Waals surface area contributed by atoms with Gasteiger partial charge >= 0.3 is 5.97 Å². The van der Waals surface area contributed by atoms with Crippen LogP contribution in [0.25, 0.3) is 10.9 Å². The lowest BCUT2D eigenvalue weighted by atomic mass is 10.1. The van der Waals surface area contributed by atoms with Gasteiger partial charge < -0.3 is 24.4 Å². The lowest BCUT2D eigenvalue weighted by molar-refractivity contribution is -0.0346. The molecule has 1 saturated heterocycles. The molecular weight excluding hydrogens is 374 g/mol. The number of aliphatic hydroxyl groups is 1. The van der Waals surface area contributed by atoms with Gasteiger partial charge in [-0.05, 0) is 25.3 Å². The van der Waals surface area contributed by atoms with Crippen LogP contribution in [0, 0.1) is 11.6 Å². The maximum atomic E-state index is 15.5. The van der Waals surface area contributed by atoms with Gasteiger partial charge in [-0.3, -0.25) is 4.79 Å². The second-order valence-corrected chi connectivity index (χ2v) is 7.45. The number of carboxylic acid groups (broad SMARTS) is 1. The molecule has 1 aliphatic heterocycles. The number of ether oxygens (including phenoxy) is 1. The monoisotopic (exact) mass is 394 g/mol. The van der Waals surface area contributed by atoms with Crippen molar-refractivity contribution in [2.24, 2.45) is 0 Å². The predicted molar refractivity (Wildman–Crippen MR) is 97.0 cm³/mol. The molecule has 28 heavy (non-hydrogen) atoms. The van der Waals surface area contributed by atoms with Crippen molar-refractivity contribution < 1.29 is 28.5 Å². The topological polar surface area (TPSA) is 92.0 Å². The molecule has 1 atom stereocenters. The number of carbonyl (C=O) groups is 1. The molecule has 4 rings (SSSR count). The normalized spacial score (nSPS) is 22.2. The van der Waals surface area contributed by atoms with Crippen molar-refractivity contribution in [3.05, 3.63) is 39.7 Å². The van der Waals surface area contributed by atoms with Crippen molar-refractivity contribution in [1.29, 1.82) is 0 Å².